The maximum atomic E-state index is 14.8. The van der Waals surface area contributed by atoms with E-state index < -0.39 is 65.3 Å². The van der Waals surface area contributed by atoms with Gasteiger partial charge in [0.2, 0.25) is 0 Å². The third-order valence-corrected chi connectivity index (χ3v) is 19.2. The lowest BCUT2D eigenvalue weighted by atomic mass is 10.1. The van der Waals surface area contributed by atoms with Gasteiger partial charge in [-0.05, 0) is 177 Å². The summed E-state index contributed by atoms with van der Waals surface area (Å²) in [7, 11) is -1.00. The number of nitrogens with zero attached hydrogens (tertiary/aromatic N) is 6. The number of rotatable bonds is 16. The third-order valence-electron chi connectivity index (χ3n) is 15.3. The van der Waals surface area contributed by atoms with Crippen LogP contribution in [0.1, 0.15) is 76.8 Å². The molecule has 0 bridgehead atoms. The number of aromatic carboxylic acids is 1. The number of aromatic nitrogens is 6. The molecule has 2 aliphatic heterocycles. The molecule has 0 unspecified atom stereocenters. The zero-order valence-electron chi connectivity index (χ0n) is 58.6. The number of aliphatic hydroxyl groups excluding tert-OH is 2. The van der Waals surface area contributed by atoms with Crippen LogP contribution in [0.25, 0.3) is 64.4 Å². The van der Waals surface area contributed by atoms with Crippen LogP contribution in [0.15, 0.2) is 164 Å². The first-order valence-electron chi connectivity index (χ1n) is 32.8. The summed E-state index contributed by atoms with van der Waals surface area (Å²) >= 11 is 30.9. The second-order valence-corrected chi connectivity index (χ2v) is 29.4. The number of nitrogen functional groups attached to an aromatic ring is 1. The van der Waals surface area contributed by atoms with Gasteiger partial charge in [0, 0.05) is 80.7 Å². The molecule has 12 aromatic rings. The van der Waals surface area contributed by atoms with Crippen molar-refractivity contribution in [3.63, 3.8) is 0 Å². The predicted octanol–water partition coefficient (Wildman–Crippen LogP) is 17.7. The van der Waals surface area contributed by atoms with Crippen LogP contribution < -0.4 is 16.4 Å². The summed E-state index contributed by atoms with van der Waals surface area (Å²) in [6, 6.07) is 39.4. The monoisotopic (exact) mass is 1670 g/mol. The number of amides is 2. The minimum absolute atomic E-state index is 0. The summed E-state index contributed by atoms with van der Waals surface area (Å²) in [6.07, 6.45) is 4.64. The molecular weight excluding hydrogens is 1600 g/mol. The van der Waals surface area contributed by atoms with E-state index in [1.54, 1.807) is 109 Å². The normalized spacial score (nSPS) is 14.8. The summed E-state index contributed by atoms with van der Waals surface area (Å²) < 4.78 is 84.5. The lowest BCUT2D eigenvalue weighted by molar-refractivity contribution is -0.138. The number of nitrogens with one attached hydrogen (secondary N) is 2. The predicted molar refractivity (Wildman–Crippen MR) is 420 cm³/mol. The van der Waals surface area contributed by atoms with Gasteiger partial charge in [0.15, 0.2) is 27.0 Å². The standard InChI is InChI=1S/C25H21ClFN3O3S.C22H17ClFN3O3S.C18H18FNO4.C7H5ClN2S.C2Cl2O2.CH3F.ClH/c1-25(2)32-13-18(33-25)9-14-10-19(27)22(28-12-14)15-3-5-16(6-4-15)23(31)30-24-29-20-8-7-17(26)11-21(20)34-24;23-15-5-6-18-19(9-15)31-22(26-18)27-21(30)14-3-1-13(2-4-14)20-17(24)8-12(10-25-20)7-16(29)11-28;1-18(2)23-10-14(24-18)7-11-8-15(19)16(20-9-11)12-3-5-13(6-4-12)17(21)22;8-4-1-2-5-6(3-4)11-7(9)10-5;3-1(5)2(4)6;1-2;/h3-8,10-12,18H,9,13H2,1-2H3,(H,29,30,31);1-6,8-10,16,28-29H,7,11H2,(H,26,27,30);3-6,8-9,14H,7,10H2,1-2H3,(H,21,22);1-3H,(H2,9,10);;1H3;1H/t18-;16-;14-;;;;/m111..../s1/i;;;;;1D;. The molecule has 34 heteroatoms. The Bertz CT molecular complexity index is 5220. The molecule has 109 heavy (non-hydrogen) atoms. The molecule has 0 spiro atoms. The lowest BCUT2D eigenvalue weighted by Crippen LogP contribution is -2.22. The Morgan fingerprint density at radius 1 is 0.560 bits per heavy atom. The van der Waals surface area contributed by atoms with Crippen molar-refractivity contribution in [2.24, 2.45) is 0 Å². The van der Waals surface area contributed by atoms with Crippen LogP contribution in [0, 0.1) is 17.5 Å². The minimum Gasteiger partial charge on any atom is -0.478 e. The van der Waals surface area contributed by atoms with Crippen LogP contribution >= 0.6 is 104 Å². The molecule has 14 rings (SSSR count). The summed E-state index contributed by atoms with van der Waals surface area (Å²) in [4.78, 5) is 80.4. The van der Waals surface area contributed by atoms with Crippen molar-refractivity contribution in [1.29, 1.82) is 0 Å². The first-order chi connectivity index (χ1) is 51.8. The van der Waals surface area contributed by atoms with Crippen molar-refractivity contribution in [2.45, 2.75) is 76.8 Å². The van der Waals surface area contributed by atoms with Gasteiger partial charge in [0.05, 0.1) is 82.9 Å². The molecule has 3 atom stereocenters. The van der Waals surface area contributed by atoms with E-state index in [4.69, 9.17) is 71.1 Å². The molecule has 2 amide bonds. The topological polar surface area (TPSA) is 310 Å². The average Bonchev–Trinajstić information content (AvgIpc) is 1.48. The number of halogens is 10. The van der Waals surface area contributed by atoms with Crippen molar-refractivity contribution in [3.05, 3.63) is 230 Å². The Labute approximate surface area is 665 Å². The van der Waals surface area contributed by atoms with Gasteiger partial charge < -0.3 is 40.0 Å². The molecule has 6 aromatic heterocycles. The highest BCUT2D eigenvalue weighted by molar-refractivity contribution is 7.23. The van der Waals surface area contributed by atoms with E-state index in [2.05, 4.69) is 63.7 Å². The molecule has 2 saturated heterocycles. The van der Waals surface area contributed by atoms with E-state index in [-0.39, 0.29) is 65.5 Å². The van der Waals surface area contributed by atoms with Crippen molar-refractivity contribution >= 4 is 179 Å². The van der Waals surface area contributed by atoms with E-state index in [1.807, 2.05) is 45.9 Å². The number of fused-ring (bicyclic) bond motifs is 3. The van der Waals surface area contributed by atoms with Crippen LogP contribution in [-0.2, 0) is 47.8 Å². The molecule has 2 aliphatic rings. The van der Waals surface area contributed by atoms with E-state index in [0.29, 0.717) is 84.9 Å². The van der Waals surface area contributed by atoms with Gasteiger partial charge >= 0.3 is 16.5 Å². The van der Waals surface area contributed by atoms with E-state index in [9.17, 15) is 46.6 Å². The number of carbonyl (C=O) groups excluding carboxylic acids is 4. The SMILES string of the molecule is CC1(C)OC[C@@H](Cc2cnc(-c3ccc(C(=O)Nc4nc5ccc(Cl)cc5s4)cc3)c(F)c2)O1.CC1(C)OC[C@@H](Cc2cnc(-c3ccc(C(=O)O)cc3)c(F)c2)O1.Cl.Nc1nc2ccc(Cl)cc2s1.O=C(Cl)C(=O)Cl.O=C(Nc1nc2ccc(Cl)cc2s1)c1ccc(-c2ncc(C[C@@H](O)CO)cc2F)cc1.[2H]CF. The number of anilines is 3. The number of nitrogens with two attached hydrogens (primary N) is 1. The fourth-order valence-electron chi connectivity index (χ4n) is 10.5. The molecule has 21 nitrogen and oxygen atoms in total. The molecule has 0 saturated carbocycles. The zero-order valence-corrected chi connectivity index (χ0v) is 64.6. The van der Waals surface area contributed by atoms with E-state index in [1.165, 1.54) is 70.5 Å². The van der Waals surface area contributed by atoms with Crippen molar-refractivity contribution < 1.29 is 77.2 Å². The molecule has 0 radical (unpaired) electrons. The smallest absolute Gasteiger partial charge is 0.335 e. The summed E-state index contributed by atoms with van der Waals surface area (Å²) in [5.41, 5.74) is 13.0. The molecule has 0 aliphatic carbocycles. The Morgan fingerprint density at radius 3 is 1.23 bits per heavy atom. The number of aliphatic hydroxyl groups is 2. The van der Waals surface area contributed by atoms with Crippen LogP contribution in [0.3, 0.4) is 0 Å². The highest BCUT2D eigenvalue weighted by Gasteiger charge is 2.34. The number of benzene rings is 6. The highest BCUT2D eigenvalue weighted by Crippen LogP contribution is 2.34. The zero-order chi connectivity index (χ0) is 78.9. The van der Waals surface area contributed by atoms with E-state index in [0.717, 1.165) is 46.8 Å². The second kappa shape index (κ2) is 39.2. The minimum atomic E-state index is -1.14. The molecular formula is C75H65Cl6F4N9O12S3. The molecule has 570 valence electrons. The van der Waals surface area contributed by atoms with Gasteiger partial charge in [-0.25, -0.2) is 32.9 Å². The fourth-order valence-corrected chi connectivity index (χ4v) is 13.8. The van der Waals surface area contributed by atoms with E-state index >= 15 is 0 Å². The first kappa shape index (κ1) is 84.2. The first-order valence-corrected chi connectivity index (χ1v) is 36.4. The molecule has 6 aromatic carbocycles. The van der Waals surface area contributed by atoms with Gasteiger partial charge in [0.25, 0.3) is 11.8 Å². The number of thiazole rings is 3. The fraction of sp³-hybridized carbons (Fsp3) is 0.213. The number of carbonyl (C=O) groups is 5. The van der Waals surface area contributed by atoms with Crippen LogP contribution in [-0.4, -0.2) is 130 Å². The Morgan fingerprint density at radius 2 is 0.899 bits per heavy atom. The molecule has 8 heterocycles. The van der Waals surface area contributed by atoms with Gasteiger partial charge in [-0.3, -0.25) is 49.2 Å². The van der Waals surface area contributed by atoms with Crippen LogP contribution in [0.5, 0.6) is 0 Å². The number of pyridine rings is 3. The quantitative estimate of drug-likeness (QED) is 0.0297. The maximum absolute atomic E-state index is 14.8. The van der Waals surface area contributed by atoms with Gasteiger partial charge in [0.1, 0.15) is 34.5 Å². The Kier molecular flexibility index (Phi) is 30.3. The summed E-state index contributed by atoms with van der Waals surface area (Å²) in [6.45, 7) is 7.92. The maximum Gasteiger partial charge on any atom is 0.335 e. The molecule has 2 fully saturated rings. The molecule has 7 N–H and O–H groups in total. The van der Waals surface area contributed by atoms with Crippen LogP contribution in [0.4, 0.5) is 33.0 Å². The number of carboxylic acids is 1. The van der Waals surface area contributed by atoms with Gasteiger partial charge in [-0.1, -0.05) is 105 Å². The number of alkyl halides is 1. The third kappa shape index (κ3) is 24.6. The Hall–Kier alpha value is -8.79. The Balaban J connectivity index is 0.000000185. The van der Waals surface area contributed by atoms with Gasteiger partial charge in [-0.2, -0.15) is 0 Å². The lowest BCUT2D eigenvalue weighted by Gasteiger charge is -2.17. The van der Waals surface area contributed by atoms with Crippen molar-refractivity contribution in [3.8, 4) is 33.8 Å². The number of ether oxygens (including phenoxy) is 4. The number of carboxylic acid groups (broad SMARTS) is 1. The van der Waals surface area contributed by atoms with Gasteiger partial charge in [-0.15, -0.1) is 12.4 Å². The average molecular weight is 1670 g/mol. The largest absolute Gasteiger partial charge is 0.478 e. The second-order valence-electron chi connectivity index (χ2n) is 24.3. The summed E-state index contributed by atoms with van der Waals surface area (Å²) in [5, 5.41) is 34.0. The number of hydrogen-bond donors (Lipinski definition) is 6. The van der Waals surface area contributed by atoms with Crippen LogP contribution in [0.2, 0.25) is 15.1 Å². The van der Waals surface area contributed by atoms with Crippen molar-refractivity contribution in [2.75, 3.05) is 43.3 Å². The van der Waals surface area contributed by atoms with Crippen molar-refractivity contribution in [1.82, 2.24) is 29.9 Å². The number of hydrogen-bond acceptors (Lipinski definition) is 21. The highest BCUT2D eigenvalue weighted by atomic mass is 35.5. The summed E-state index contributed by atoms with van der Waals surface area (Å²) in [5.74, 6) is -4.32.